The highest BCUT2D eigenvalue weighted by atomic mass is 79.9. The predicted octanol–water partition coefficient (Wildman–Crippen LogP) is 3.61. The van der Waals surface area contributed by atoms with Crippen LogP contribution in [-0.2, 0) is 10.0 Å². The molecule has 1 heterocycles. The van der Waals surface area contributed by atoms with Gasteiger partial charge in [-0.05, 0) is 50.2 Å². The molecule has 8 heteroatoms. The molecule has 1 aliphatic heterocycles. The first-order valence-electron chi connectivity index (χ1n) is 7.93. The molecule has 1 N–H and O–H groups in total. The van der Waals surface area contributed by atoms with Crippen molar-refractivity contribution in [3.05, 3.63) is 48.0 Å². The number of hydrogen-bond acceptors (Lipinski definition) is 5. The van der Waals surface area contributed by atoms with Gasteiger partial charge >= 0.3 is 0 Å². The molecule has 0 unspecified atom stereocenters. The average molecular weight is 440 g/mol. The van der Waals surface area contributed by atoms with Gasteiger partial charge in [-0.3, -0.25) is 9.52 Å². The van der Waals surface area contributed by atoms with Gasteiger partial charge in [0.2, 0.25) is 0 Å². The van der Waals surface area contributed by atoms with Crippen molar-refractivity contribution < 1.29 is 22.7 Å². The van der Waals surface area contributed by atoms with E-state index in [2.05, 4.69) is 20.7 Å². The van der Waals surface area contributed by atoms with Crippen LogP contribution in [0.2, 0.25) is 0 Å². The summed E-state index contributed by atoms with van der Waals surface area (Å²) in [6, 6.07) is 10.8. The monoisotopic (exact) mass is 439 g/mol. The van der Waals surface area contributed by atoms with Crippen molar-refractivity contribution in [1.29, 1.82) is 0 Å². The summed E-state index contributed by atoms with van der Waals surface area (Å²) in [5.74, 6) is 0.841. The van der Waals surface area contributed by atoms with Crippen LogP contribution in [0.1, 0.15) is 24.2 Å². The summed E-state index contributed by atoms with van der Waals surface area (Å²) >= 11 is 3.33. The normalized spacial score (nSPS) is 14.0. The predicted molar refractivity (Wildman–Crippen MR) is 102 cm³/mol. The average Bonchev–Trinajstić information content (AvgIpc) is 2.60. The smallest absolute Gasteiger partial charge is 0.262 e. The Morgan fingerprint density at radius 1 is 1.04 bits per heavy atom. The number of anilines is 1. The number of nitrogens with one attached hydrogen (secondary N) is 1. The quantitative estimate of drug-likeness (QED) is 0.568. The first kappa shape index (κ1) is 18.7. The SMILES string of the molecule is CC(C)(Br)C(=O)c1ccc(NS(=O)(=O)c2ccc3c(c2)OCCO3)cc1. The number of Topliss-reactive ketones (excluding diaryl/α,β-unsaturated/α-hetero) is 1. The highest BCUT2D eigenvalue weighted by Gasteiger charge is 2.25. The van der Waals surface area contributed by atoms with Crippen molar-refractivity contribution in [3.8, 4) is 11.5 Å². The Kier molecular flexibility index (Phi) is 4.98. The zero-order valence-electron chi connectivity index (χ0n) is 14.3. The van der Waals surface area contributed by atoms with Gasteiger partial charge in [-0.2, -0.15) is 0 Å². The molecule has 0 saturated carbocycles. The van der Waals surface area contributed by atoms with Crippen LogP contribution in [0, 0.1) is 0 Å². The zero-order chi connectivity index (χ0) is 18.9. The van der Waals surface area contributed by atoms with Crippen LogP contribution in [0.5, 0.6) is 11.5 Å². The molecule has 1 aliphatic rings. The van der Waals surface area contributed by atoms with Gasteiger partial charge in [0.05, 0.1) is 9.22 Å². The van der Waals surface area contributed by atoms with Crippen LogP contribution >= 0.6 is 15.9 Å². The summed E-state index contributed by atoms with van der Waals surface area (Å²) < 4.78 is 37.8. The highest BCUT2D eigenvalue weighted by molar-refractivity contribution is 9.10. The van der Waals surface area contributed by atoms with E-state index < -0.39 is 14.3 Å². The minimum Gasteiger partial charge on any atom is -0.486 e. The number of alkyl halides is 1. The maximum Gasteiger partial charge on any atom is 0.262 e. The van der Waals surface area contributed by atoms with Crippen LogP contribution < -0.4 is 14.2 Å². The fourth-order valence-corrected chi connectivity index (χ4v) is 3.74. The number of hydrogen-bond donors (Lipinski definition) is 1. The first-order chi connectivity index (χ1) is 12.2. The van der Waals surface area contributed by atoms with Gasteiger partial charge in [0, 0.05) is 17.3 Å². The van der Waals surface area contributed by atoms with E-state index in [1.54, 1.807) is 44.2 Å². The summed E-state index contributed by atoms with van der Waals surface area (Å²) in [4.78, 5) is 12.3. The lowest BCUT2D eigenvalue weighted by Crippen LogP contribution is -2.24. The molecule has 2 aromatic rings. The second kappa shape index (κ2) is 6.92. The molecule has 0 fully saturated rings. The van der Waals surface area contributed by atoms with Gasteiger partial charge in [-0.1, -0.05) is 15.9 Å². The van der Waals surface area contributed by atoms with E-state index in [1.165, 1.54) is 12.1 Å². The number of benzene rings is 2. The van der Waals surface area contributed by atoms with Crippen molar-refractivity contribution in [2.24, 2.45) is 0 Å². The van der Waals surface area contributed by atoms with Crippen LogP contribution in [0.15, 0.2) is 47.4 Å². The van der Waals surface area contributed by atoms with Gasteiger partial charge in [-0.15, -0.1) is 0 Å². The molecule has 0 atom stereocenters. The fourth-order valence-electron chi connectivity index (χ4n) is 2.44. The third-order valence-corrected chi connectivity index (χ3v) is 5.50. The van der Waals surface area contributed by atoms with Gasteiger partial charge in [-0.25, -0.2) is 8.42 Å². The first-order valence-corrected chi connectivity index (χ1v) is 10.2. The lowest BCUT2D eigenvalue weighted by molar-refractivity contribution is 0.0961. The number of fused-ring (bicyclic) bond motifs is 1. The van der Waals surface area contributed by atoms with Gasteiger partial charge in [0.15, 0.2) is 17.3 Å². The molecule has 138 valence electrons. The standard InChI is InChI=1S/C18H18BrNO5S/c1-18(2,19)17(21)12-3-5-13(6-4-12)20-26(22,23)14-7-8-15-16(11-14)25-10-9-24-15/h3-8,11,20H,9-10H2,1-2H3. The maximum absolute atomic E-state index is 12.6. The topological polar surface area (TPSA) is 81.7 Å². The third kappa shape index (κ3) is 4.02. The minimum atomic E-state index is -3.79. The number of sulfonamides is 1. The Balaban J connectivity index is 1.80. The molecule has 0 amide bonds. The molecule has 0 aromatic heterocycles. The largest absolute Gasteiger partial charge is 0.486 e. The molecule has 6 nitrogen and oxygen atoms in total. The van der Waals surface area contributed by atoms with E-state index in [0.717, 1.165) is 0 Å². The molecule has 3 rings (SSSR count). The lowest BCUT2D eigenvalue weighted by Gasteiger charge is -2.19. The van der Waals surface area contributed by atoms with Gasteiger partial charge < -0.3 is 9.47 Å². The third-order valence-electron chi connectivity index (χ3n) is 3.76. The number of ketones is 1. The van der Waals surface area contributed by atoms with E-state index in [4.69, 9.17) is 9.47 Å². The van der Waals surface area contributed by atoms with Crippen molar-refractivity contribution in [2.45, 2.75) is 23.1 Å². The molecule has 0 aliphatic carbocycles. The summed E-state index contributed by atoms with van der Waals surface area (Å²) in [6.07, 6.45) is 0. The van der Waals surface area contributed by atoms with Crippen molar-refractivity contribution in [3.63, 3.8) is 0 Å². The van der Waals surface area contributed by atoms with E-state index >= 15 is 0 Å². The van der Waals surface area contributed by atoms with Crippen molar-refractivity contribution in [1.82, 2.24) is 0 Å². The Morgan fingerprint density at radius 3 is 2.27 bits per heavy atom. The lowest BCUT2D eigenvalue weighted by atomic mass is 10.0. The molecule has 0 spiro atoms. The van der Waals surface area contributed by atoms with E-state index in [1.807, 2.05) is 0 Å². The van der Waals surface area contributed by atoms with E-state index in [9.17, 15) is 13.2 Å². The number of rotatable bonds is 5. The molecule has 0 radical (unpaired) electrons. The molecular formula is C18H18BrNO5S. The Morgan fingerprint density at radius 2 is 1.65 bits per heavy atom. The summed E-state index contributed by atoms with van der Waals surface area (Å²) in [5, 5.41) is 0. The van der Waals surface area contributed by atoms with Gasteiger partial charge in [0.25, 0.3) is 10.0 Å². The van der Waals surface area contributed by atoms with Crippen LogP contribution in [-0.4, -0.2) is 31.7 Å². The summed E-state index contributed by atoms with van der Waals surface area (Å²) in [5.41, 5.74) is 0.859. The van der Waals surface area contributed by atoms with Crippen molar-refractivity contribution in [2.75, 3.05) is 17.9 Å². The molecule has 26 heavy (non-hydrogen) atoms. The Bertz CT molecular complexity index is 933. The van der Waals surface area contributed by atoms with E-state index in [0.29, 0.717) is 36.0 Å². The Labute approximate surface area is 160 Å². The molecular weight excluding hydrogens is 422 g/mol. The number of carbonyl (C=O) groups excluding carboxylic acids is 1. The van der Waals surface area contributed by atoms with Crippen molar-refractivity contribution >= 4 is 37.4 Å². The summed E-state index contributed by atoms with van der Waals surface area (Å²) in [6.45, 7) is 4.33. The van der Waals surface area contributed by atoms with Crippen LogP contribution in [0.25, 0.3) is 0 Å². The number of ether oxygens (including phenoxy) is 2. The highest BCUT2D eigenvalue weighted by Crippen LogP contribution is 2.32. The Hall–Kier alpha value is -2.06. The fraction of sp³-hybridized carbons (Fsp3) is 0.278. The molecule has 0 bridgehead atoms. The zero-order valence-corrected chi connectivity index (χ0v) is 16.7. The van der Waals surface area contributed by atoms with Crippen LogP contribution in [0.4, 0.5) is 5.69 Å². The van der Waals surface area contributed by atoms with Gasteiger partial charge in [0.1, 0.15) is 13.2 Å². The minimum absolute atomic E-state index is 0.0727. The second-order valence-electron chi connectivity index (χ2n) is 6.29. The number of carbonyl (C=O) groups is 1. The molecule has 0 saturated heterocycles. The van der Waals surface area contributed by atoms with E-state index in [-0.39, 0.29) is 10.7 Å². The molecule has 2 aromatic carbocycles. The number of halogens is 1. The summed E-state index contributed by atoms with van der Waals surface area (Å²) in [7, 11) is -3.79. The van der Waals surface area contributed by atoms with Crippen LogP contribution in [0.3, 0.4) is 0 Å². The maximum atomic E-state index is 12.6. The second-order valence-corrected chi connectivity index (χ2v) is 9.95.